The highest BCUT2D eigenvalue weighted by Crippen LogP contribution is 2.25. The molecule has 1 saturated heterocycles. The number of hydrogen-bond donors (Lipinski definition) is 2. The van der Waals surface area contributed by atoms with E-state index in [1.54, 1.807) is 36.8 Å². The summed E-state index contributed by atoms with van der Waals surface area (Å²) in [5.74, 6) is 0.628. The molecule has 2 heterocycles. The molecule has 2 aromatic rings. The Balaban J connectivity index is 1.36. The van der Waals surface area contributed by atoms with Gasteiger partial charge in [-0.15, -0.1) is 0 Å². The van der Waals surface area contributed by atoms with Gasteiger partial charge in [0.2, 0.25) is 15.9 Å². The Labute approximate surface area is 164 Å². The first kappa shape index (κ1) is 18.8. The van der Waals surface area contributed by atoms with Gasteiger partial charge in [0.1, 0.15) is 5.82 Å². The minimum Gasteiger partial charge on any atom is -0.355 e. The van der Waals surface area contributed by atoms with E-state index in [1.807, 2.05) is 0 Å². The van der Waals surface area contributed by atoms with E-state index in [0.29, 0.717) is 18.5 Å². The molecule has 0 unspecified atom stereocenters. The first-order valence-corrected chi connectivity index (χ1v) is 10.9. The van der Waals surface area contributed by atoms with E-state index in [0.717, 1.165) is 31.7 Å². The lowest BCUT2D eigenvalue weighted by Gasteiger charge is -2.31. The zero-order chi connectivity index (χ0) is 19.6. The number of aromatic nitrogens is 2. The number of nitrogens with one attached hydrogen (secondary N) is 2. The second-order valence-corrected chi connectivity index (χ2v) is 8.95. The van der Waals surface area contributed by atoms with Gasteiger partial charge in [-0.1, -0.05) is 6.07 Å². The summed E-state index contributed by atoms with van der Waals surface area (Å²) >= 11 is 0. The van der Waals surface area contributed by atoms with Crippen LogP contribution < -0.4 is 14.9 Å². The maximum atomic E-state index is 12.6. The van der Waals surface area contributed by atoms with Crippen LogP contribution >= 0.6 is 0 Å². The molecule has 2 N–H and O–H groups in total. The molecule has 28 heavy (non-hydrogen) atoms. The topological polar surface area (TPSA) is 104 Å². The quantitative estimate of drug-likeness (QED) is 0.765. The molecule has 0 bridgehead atoms. The van der Waals surface area contributed by atoms with E-state index in [1.165, 1.54) is 6.07 Å². The number of amides is 1. The highest BCUT2D eigenvalue weighted by Gasteiger charge is 2.29. The first-order chi connectivity index (χ1) is 13.5. The Bertz CT molecular complexity index is 939. The minimum atomic E-state index is -3.54. The molecule has 1 aromatic heterocycles. The Kier molecular flexibility index (Phi) is 5.27. The van der Waals surface area contributed by atoms with Crippen molar-refractivity contribution in [3.05, 3.63) is 42.9 Å². The molecular formula is C19H23N5O3S. The maximum Gasteiger partial charge on any atom is 0.240 e. The van der Waals surface area contributed by atoms with E-state index >= 15 is 0 Å². The average Bonchev–Trinajstić information content (AvgIpc) is 3.52. The lowest BCUT2D eigenvalue weighted by molar-refractivity contribution is -0.120. The van der Waals surface area contributed by atoms with Crippen LogP contribution in [-0.4, -0.2) is 43.4 Å². The van der Waals surface area contributed by atoms with Crippen molar-refractivity contribution in [2.75, 3.05) is 23.3 Å². The number of nitrogens with zero attached hydrogens (tertiary/aromatic N) is 3. The van der Waals surface area contributed by atoms with Gasteiger partial charge in [0.05, 0.1) is 11.1 Å². The summed E-state index contributed by atoms with van der Waals surface area (Å²) in [7, 11) is -3.54. The molecule has 1 aromatic carbocycles. The number of rotatable bonds is 6. The Morgan fingerprint density at radius 1 is 1.11 bits per heavy atom. The van der Waals surface area contributed by atoms with Crippen LogP contribution in [0.3, 0.4) is 0 Å². The van der Waals surface area contributed by atoms with Gasteiger partial charge >= 0.3 is 0 Å². The normalized spacial score (nSPS) is 18.1. The van der Waals surface area contributed by atoms with Crippen molar-refractivity contribution in [3.63, 3.8) is 0 Å². The van der Waals surface area contributed by atoms with Crippen LogP contribution in [0.15, 0.2) is 47.8 Å². The Morgan fingerprint density at radius 2 is 1.89 bits per heavy atom. The van der Waals surface area contributed by atoms with Crippen LogP contribution in [0.2, 0.25) is 0 Å². The standard InChI is InChI=1S/C19H23N5O3S/c25-19(14-6-10-24(11-7-14)18-13-20-8-9-21-18)22-16-2-1-3-17(12-16)28(26,27)23-15-4-5-15/h1-3,8-9,12-15,23H,4-7,10-11H2,(H,22,25). The van der Waals surface area contributed by atoms with E-state index < -0.39 is 10.0 Å². The molecule has 8 nitrogen and oxygen atoms in total. The van der Waals surface area contributed by atoms with E-state index in [2.05, 4.69) is 24.9 Å². The minimum absolute atomic E-state index is 0.0442. The fraction of sp³-hybridized carbons (Fsp3) is 0.421. The third kappa shape index (κ3) is 4.48. The number of hydrogen-bond acceptors (Lipinski definition) is 6. The zero-order valence-corrected chi connectivity index (χ0v) is 16.2. The van der Waals surface area contributed by atoms with Crippen LogP contribution in [0.4, 0.5) is 11.5 Å². The van der Waals surface area contributed by atoms with Gasteiger partial charge in [0, 0.05) is 43.1 Å². The van der Waals surface area contributed by atoms with Crippen molar-refractivity contribution in [2.24, 2.45) is 5.92 Å². The molecule has 0 atom stereocenters. The zero-order valence-electron chi connectivity index (χ0n) is 15.4. The van der Waals surface area contributed by atoms with Gasteiger partial charge in [0.25, 0.3) is 0 Å². The molecule has 0 spiro atoms. The number of sulfonamides is 1. The maximum absolute atomic E-state index is 12.6. The van der Waals surface area contributed by atoms with Crippen LogP contribution in [0.5, 0.6) is 0 Å². The van der Waals surface area contributed by atoms with Crippen LogP contribution in [0.25, 0.3) is 0 Å². The number of carbonyl (C=O) groups excluding carboxylic acids is 1. The molecule has 148 valence electrons. The lowest BCUT2D eigenvalue weighted by atomic mass is 9.96. The van der Waals surface area contributed by atoms with Gasteiger partial charge in [-0.2, -0.15) is 0 Å². The average molecular weight is 401 g/mol. The largest absolute Gasteiger partial charge is 0.355 e. The summed E-state index contributed by atoms with van der Waals surface area (Å²) in [6.07, 6.45) is 8.20. The third-order valence-corrected chi connectivity index (χ3v) is 6.57. The predicted octanol–water partition coefficient (Wildman–Crippen LogP) is 1.77. The molecule has 9 heteroatoms. The monoisotopic (exact) mass is 401 g/mol. The smallest absolute Gasteiger partial charge is 0.240 e. The van der Waals surface area contributed by atoms with Gasteiger partial charge in [-0.05, 0) is 43.9 Å². The summed E-state index contributed by atoms with van der Waals surface area (Å²) in [5, 5.41) is 2.87. The Hall–Kier alpha value is -2.52. The van der Waals surface area contributed by atoms with E-state index in [-0.39, 0.29) is 22.8 Å². The Morgan fingerprint density at radius 3 is 2.57 bits per heavy atom. The summed E-state index contributed by atoms with van der Waals surface area (Å²) in [6.45, 7) is 1.47. The van der Waals surface area contributed by atoms with Crippen molar-refractivity contribution in [2.45, 2.75) is 36.6 Å². The number of piperidine rings is 1. The summed E-state index contributed by atoms with van der Waals surface area (Å²) in [6, 6.07) is 6.45. The second kappa shape index (κ2) is 7.84. The van der Waals surface area contributed by atoms with E-state index in [9.17, 15) is 13.2 Å². The summed E-state index contributed by atoms with van der Waals surface area (Å²) in [4.78, 5) is 23.3. The van der Waals surface area contributed by atoms with Crippen molar-refractivity contribution >= 4 is 27.4 Å². The van der Waals surface area contributed by atoms with Gasteiger partial charge in [0.15, 0.2) is 0 Å². The van der Waals surface area contributed by atoms with Gasteiger partial charge < -0.3 is 10.2 Å². The van der Waals surface area contributed by atoms with Gasteiger partial charge in [-0.25, -0.2) is 18.1 Å². The van der Waals surface area contributed by atoms with Gasteiger partial charge in [-0.3, -0.25) is 9.78 Å². The molecule has 2 aliphatic rings. The highest BCUT2D eigenvalue weighted by molar-refractivity contribution is 7.89. The second-order valence-electron chi connectivity index (χ2n) is 7.24. The van der Waals surface area contributed by atoms with Crippen molar-refractivity contribution < 1.29 is 13.2 Å². The number of benzene rings is 1. The summed E-state index contributed by atoms with van der Waals surface area (Å²) < 4.78 is 27.4. The lowest BCUT2D eigenvalue weighted by Crippen LogP contribution is -2.38. The van der Waals surface area contributed by atoms with Crippen LogP contribution in [-0.2, 0) is 14.8 Å². The van der Waals surface area contributed by atoms with Crippen molar-refractivity contribution in [1.29, 1.82) is 0 Å². The number of carbonyl (C=O) groups is 1. The summed E-state index contributed by atoms with van der Waals surface area (Å²) in [5.41, 5.74) is 0.500. The fourth-order valence-corrected chi connectivity index (χ4v) is 4.65. The number of anilines is 2. The van der Waals surface area contributed by atoms with Crippen molar-refractivity contribution in [1.82, 2.24) is 14.7 Å². The van der Waals surface area contributed by atoms with Crippen LogP contribution in [0, 0.1) is 5.92 Å². The molecule has 1 saturated carbocycles. The SMILES string of the molecule is O=C(Nc1cccc(S(=O)(=O)NC2CC2)c1)C1CCN(c2cnccn2)CC1. The molecule has 0 radical (unpaired) electrons. The predicted molar refractivity (Wildman–Crippen MR) is 105 cm³/mol. The molecule has 4 rings (SSSR count). The third-order valence-electron chi connectivity index (χ3n) is 5.05. The fourth-order valence-electron chi connectivity index (χ4n) is 3.30. The first-order valence-electron chi connectivity index (χ1n) is 9.45. The molecule has 1 aliphatic carbocycles. The molecule has 1 amide bonds. The van der Waals surface area contributed by atoms with Crippen LogP contribution in [0.1, 0.15) is 25.7 Å². The van der Waals surface area contributed by atoms with E-state index in [4.69, 9.17) is 0 Å². The molecule has 1 aliphatic heterocycles. The molecule has 2 fully saturated rings. The van der Waals surface area contributed by atoms with Crippen molar-refractivity contribution in [3.8, 4) is 0 Å². The molecular weight excluding hydrogens is 378 g/mol. The highest BCUT2D eigenvalue weighted by atomic mass is 32.2.